The van der Waals surface area contributed by atoms with Crippen molar-refractivity contribution in [1.29, 1.82) is 0 Å². The Balaban J connectivity index is 1.56. The van der Waals surface area contributed by atoms with Crippen LogP contribution in [0.3, 0.4) is 0 Å². The lowest BCUT2D eigenvalue weighted by Gasteiger charge is -2.35. The molecule has 0 radical (unpaired) electrons. The summed E-state index contributed by atoms with van der Waals surface area (Å²) in [5.41, 5.74) is 0.926. The summed E-state index contributed by atoms with van der Waals surface area (Å²) >= 11 is 0. The van der Waals surface area contributed by atoms with Crippen LogP contribution in [0.2, 0.25) is 0 Å². The first-order valence-corrected chi connectivity index (χ1v) is 8.99. The summed E-state index contributed by atoms with van der Waals surface area (Å²) in [6.45, 7) is 7.53. The van der Waals surface area contributed by atoms with Crippen molar-refractivity contribution in [1.82, 2.24) is 9.80 Å². The van der Waals surface area contributed by atoms with Crippen molar-refractivity contribution >= 4 is 11.8 Å². The molecule has 25 heavy (non-hydrogen) atoms. The van der Waals surface area contributed by atoms with Crippen LogP contribution in [-0.2, 0) is 16.0 Å². The fourth-order valence-electron chi connectivity index (χ4n) is 3.15. The maximum atomic E-state index is 12.6. The average Bonchev–Trinajstić information content (AvgIpc) is 2.86. The number of carbonyl (C=O) groups is 2. The molecule has 2 heterocycles. The normalized spacial score (nSPS) is 17.4. The van der Waals surface area contributed by atoms with Crippen molar-refractivity contribution in [3.8, 4) is 11.5 Å². The molecule has 1 fully saturated rings. The molecule has 136 valence electrons. The zero-order chi connectivity index (χ0) is 17.8. The standard InChI is InChI=1S/C19H26N2O4/c1-14(2)19(23)21-8-6-20(7-9-21)18(22)13-15-4-5-16-17(12-15)25-11-3-10-24-16/h4-5,12,14H,3,6-11,13H2,1-2H3. The molecule has 3 rings (SSSR count). The van der Waals surface area contributed by atoms with E-state index in [4.69, 9.17) is 9.47 Å². The maximum absolute atomic E-state index is 12.6. The zero-order valence-corrected chi connectivity index (χ0v) is 15.0. The highest BCUT2D eigenvalue weighted by Crippen LogP contribution is 2.30. The molecule has 0 spiro atoms. The van der Waals surface area contributed by atoms with Gasteiger partial charge in [-0.25, -0.2) is 0 Å². The number of nitrogens with zero attached hydrogens (tertiary/aromatic N) is 2. The Bertz CT molecular complexity index is 636. The number of hydrogen-bond acceptors (Lipinski definition) is 4. The minimum absolute atomic E-state index is 0.00375. The van der Waals surface area contributed by atoms with Crippen LogP contribution >= 0.6 is 0 Å². The third-order valence-electron chi connectivity index (χ3n) is 4.61. The summed E-state index contributed by atoms with van der Waals surface area (Å²) < 4.78 is 11.3. The number of hydrogen-bond donors (Lipinski definition) is 0. The molecule has 6 nitrogen and oxygen atoms in total. The Morgan fingerprint density at radius 3 is 2.32 bits per heavy atom. The van der Waals surface area contributed by atoms with Crippen molar-refractivity contribution in [3.05, 3.63) is 23.8 Å². The molecule has 0 unspecified atom stereocenters. The van der Waals surface area contributed by atoms with Crippen molar-refractivity contribution in [2.24, 2.45) is 5.92 Å². The third kappa shape index (κ3) is 4.24. The Morgan fingerprint density at radius 2 is 1.64 bits per heavy atom. The highest BCUT2D eigenvalue weighted by Gasteiger charge is 2.25. The summed E-state index contributed by atoms with van der Waals surface area (Å²) in [6.07, 6.45) is 1.21. The molecule has 1 saturated heterocycles. The smallest absolute Gasteiger partial charge is 0.227 e. The van der Waals surface area contributed by atoms with Crippen LogP contribution in [0.4, 0.5) is 0 Å². The van der Waals surface area contributed by atoms with E-state index in [-0.39, 0.29) is 17.7 Å². The molecule has 2 aliphatic heterocycles. The lowest BCUT2D eigenvalue weighted by Crippen LogP contribution is -2.51. The second-order valence-electron chi connectivity index (χ2n) is 6.87. The molecule has 1 aromatic rings. The van der Waals surface area contributed by atoms with Crippen LogP contribution in [0.25, 0.3) is 0 Å². The van der Waals surface area contributed by atoms with E-state index >= 15 is 0 Å². The monoisotopic (exact) mass is 346 g/mol. The van der Waals surface area contributed by atoms with Crippen LogP contribution < -0.4 is 9.47 Å². The van der Waals surface area contributed by atoms with Gasteiger partial charge in [-0.05, 0) is 17.7 Å². The van der Waals surface area contributed by atoms with Crippen LogP contribution in [0.5, 0.6) is 11.5 Å². The van der Waals surface area contributed by atoms with Gasteiger partial charge in [0.1, 0.15) is 0 Å². The Morgan fingerprint density at radius 1 is 1.00 bits per heavy atom. The van der Waals surface area contributed by atoms with Gasteiger partial charge in [0.05, 0.1) is 19.6 Å². The van der Waals surface area contributed by atoms with Gasteiger partial charge in [0.15, 0.2) is 11.5 Å². The first kappa shape index (κ1) is 17.6. The van der Waals surface area contributed by atoms with Gasteiger partial charge in [0, 0.05) is 38.5 Å². The number of amides is 2. The molecular formula is C19H26N2O4. The molecule has 0 saturated carbocycles. The number of fused-ring (bicyclic) bond motifs is 1. The first-order chi connectivity index (χ1) is 12.0. The number of rotatable bonds is 3. The molecule has 2 aliphatic rings. The summed E-state index contributed by atoms with van der Waals surface area (Å²) in [5, 5.41) is 0. The molecule has 2 amide bonds. The summed E-state index contributed by atoms with van der Waals surface area (Å²) in [6, 6.07) is 5.70. The Labute approximate surface area is 148 Å². The first-order valence-electron chi connectivity index (χ1n) is 8.99. The summed E-state index contributed by atoms with van der Waals surface area (Å²) in [4.78, 5) is 28.3. The van der Waals surface area contributed by atoms with E-state index in [0.29, 0.717) is 45.8 Å². The van der Waals surface area contributed by atoms with Gasteiger partial charge >= 0.3 is 0 Å². The molecular weight excluding hydrogens is 320 g/mol. The number of piperazine rings is 1. The molecule has 0 aromatic heterocycles. The van der Waals surface area contributed by atoms with Gasteiger partial charge in [0.25, 0.3) is 0 Å². The Hall–Kier alpha value is -2.24. The second kappa shape index (κ2) is 7.76. The van der Waals surface area contributed by atoms with Crippen molar-refractivity contribution < 1.29 is 19.1 Å². The van der Waals surface area contributed by atoms with Gasteiger partial charge in [-0.3, -0.25) is 9.59 Å². The lowest BCUT2D eigenvalue weighted by atomic mass is 10.1. The number of ether oxygens (including phenoxy) is 2. The lowest BCUT2D eigenvalue weighted by molar-refractivity contribution is -0.141. The van der Waals surface area contributed by atoms with E-state index in [1.165, 1.54) is 0 Å². The SMILES string of the molecule is CC(C)C(=O)N1CCN(C(=O)Cc2ccc3c(c2)OCCCO3)CC1. The Kier molecular flexibility index (Phi) is 5.46. The quantitative estimate of drug-likeness (QED) is 0.836. The largest absolute Gasteiger partial charge is 0.490 e. The highest BCUT2D eigenvalue weighted by molar-refractivity contribution is 5.80. The maximum Gasteiger partial charge on any atom is 0.227 e. The van der Waals surface area contributed by atoms with Gasteiger partial charge < -0.3 is 19.3 Å². The molecule has 0 aliphatic carbocycles. The summed E-state index contributed by atoms with van der Waals surface area (Å²) in [7, 11) is 0. The summed E-state index contributed by atoms with van der Waals surface area (Å²) in [5.74, 6) is 1.72. The van der Waals surface area contributed by atoms with Crippen molar-refractivity contribution in [3.63, 3.8) is 0 Å². The fraction of sp³-hybridized carbons (Fsp3) is 0.579. The molecule has 6 heteroatoms. The van der Waals surface area contributed by atoms with Crippen molar-refractivity contribution in [2.75, 3.05) is 39.4 Å². The van der Waals surface area contributed by atoms with Gasteiger partial charge in [-0.2, -0.15) is 0 Å². The number of benzene rings is 1. The zero-order valence-electron chi connectivity index (χ0n) is 15.0. The fourth-order valence-corrected chi connectivity index (χ4v) is 3.15. The van der Waals surface area contributed by atoms with Gasteiger partial charge in [0.2, 0.25) is 11.8 Å². The van der Waals surface area contributed by atoms with Crippen LogP contribution in [0, 0.1) is 5.92 Å². The molecule has 0 N–H and O–H groups in total. The minimum Gasteiger partial charge on any atom is -0.490 e. The van der Waals surface area contributed by atoms with Crippen LogP contribution in [-0.4, -0.2) is 61.0 Å². The minimum atomic E-state index is 0.00375. The second-order valence-corrected chi connectivity index (χ2v) is 6.87. The molecule has 0 atom stereocenters. The van der Waals surface area contributed by atoms with E-state index < -0.39 is 0 Å². The topological polar surface area (TPSA) is 59.1 Å². The number of carbonyl (C=O) groups excluding carboxylic acids is 2. The van der Waals surface area contributed by atoms with Crippen molar-refractivity contribution in [2.45, 2.75) is 26.7 Å². The predicted octanol–water partition coefficient (Wildman–Crippen LogP) is 1.72. The molecule has 0 bridgehead atoms. The third-order valence-corrected chi connectivity index (χ3v) is 4.61. The predicted molar refractivity (Wildman–Crippen MR) is 93.8 cm³/mol. The van der Waals surface area contributed by atoms with E-state index in [1.54, 1.807) is 0 Å². The van der Waals surface area contributed by atoms with E-state index in [9.17, 15) is 9.59 Å². The van der Waals surface area contributed by atoms with E-state index in [0.717, 1.165) is 23.5 Å². The van der Waals surface area contributed by atoms with Gasteiger partial charge in [-0.1, -0.05) is 19.9 Å². The molecule has 1 aromatic carbocycles. The van der Waals surface area contributed by atoms with Crippen LogP contribution in [0.1, 0.15) is 25.8 Å². The average molecular weight is 346 g/mol. The van der Waals surface area contributed by atoms with Crippen LogP contribution in [0.15, 0.2) is 18.2 Å². The highest BCUT2D eigenvalue weighted by atomic mass is 16.5. The van der Waals surface area contributed by atoms with E-state index in [1.807, 2.05) is 41.8 Å². The van der Waals surface area contributed by atoms with E-state index in [2.05, 4.69) is 0 Å². The van der Waals surface area contributed by atoms with Gasteiger partial charge in [-0.15, -0.1) is 0 Å².